The Balaban J connectivity index is 2.64. The first-order valence-corrected chi connectivity index (χ1v) is 5.36. The van der Waals surface area contributed by atoms with Crippen molar-refractivity contribution in [1.29, 1.82) is 0 Å². The lowest BCUT2D eigenvalue weighted by Crippen LogP contribution is -2.25. The summed E-state index contributed by atoms with van der Waals surface area (Å²) < 4.78 is 8.48. The Morgan fingerprint density at radius 1 is 1.38 bits per heavy atom. The first kappa shape index (κ1) is 11.0. The molecule has 1 aliphatic rings. The molecule has 74 valence electrons. The fourth-order valence-corrected chi connectivity index (χ4v) is 2.20. The van der Waals surface area contributed by atoms with Gasteiger partial charge in [0.25, 0.3) is 0 Å². The molecule has 1 saturated carbocycles. The van der Waals surface area contributed by atoms with Gasteiger partial charge in [0.1, 0.15) is 0 Å². The Labute approximate surface area is 86.1 Å². The lowest BCUT2D eigenvalue weighted by atomic mass is 9.96. The number of hydrogen-bond acceptors (Lipinski definition) is 4. The van der Waals surface area contributed by atoms with E-state index in [9.17, 15) is 4.79 Å². The second-order valence-corrected chi connectivity index (χ2v) is 3.80. The van der Waals surface area contributed by atoms with E-state index in [1.807, 2.05) is 9.47 Å². The lowest BCUT2D eigenvalue weighted by Gasteiger charge is -2.16. The molecule has 0 heterocycles. The Morgan fingerprint density at radius 3 is 2.69 bits per heavy atom. The minimum atomic E-state index is -0.189. The number of nitrogens with zero attached hydrogens (tertiary/aromatic N) is 1. The van der Waals surface area contributed by atoms with Crippen LogP contribution in [0.4, 0.5) is 0 Å². The number of carbonyl (C=O) groups is 1. The van der Waals surface area contributed by atoms with Crippen LogP contribution in [0.1, 0.15) is 32.1 Å². The molecule has 5 heteroatoms. The molecule has 3 atom stereocenters. The molecule has 0 bridgehead atoms. The zero-order chi connectivity index (χ0) is 9.68. The third-order valence-corrected chi connectivity index (χ3v) is 3.04. The van der Waals surface area contributed by atoms with Gasteiger partial charge in [0.2, 0.25) is 0 Å². The molecule has 0 N–H and O–H groups in total. The molecule has 3 nitrogen and oxygen atoms in total. The summed E-state index contributed by atoms with van der Waals surface area (Å²) in [7, 11) is 1.99. The first-order valence-electron chi connectivity index (χ1n) is 4.52. The molecule has 0 spiro atoms. The van der Waals surface area contributed by atoms with Gasteiger partial charge in [-0.2, -0.15) is 0 Å². The molecular formula is C8H14NO2PS. The number of rotatable bonds is 2. The summed E-state index contributed by atoms with van der Waals surface area (Å²) in [4.78, 5) is 11.3. The van der Waals surface area contributed by atoms with E-state index in [-0.39, 0.29) is 17.9 Å². The maximum Gasteiger partial charge on any atom is 0.313 e. The van der Waals surface area contributed by atoms with Crippen molar-refractivity contribution in [1.82, 2.24) is 0 Å². The van der Waals surface area contributed by atoms with Gasteiger partial charge in [-0.3, -0.25) is 4.79 Å². The molecule has 1 fully saturated rings. The fraction of sp³-hybridized carbons (Fsp3) is 0.875. The van der Waals surface area contributed by atoms with Crippen LogP contribution in [-0.4, -0.2) is 12.0 Å². The Kier molecular flexibility index (Phi) is 4.74. The highest BCUT2D eigenvalue weighted by atomic mass is 32.1. The summed E-state index contributed by atoms with van der Waals surface area (Å²) in [6, 6.07) is -0.00875. The Morgan fingerprint density at radius 2 is 2.08 bits per heavy atom. The third-order valence-electron chi connectivity index (χ3n) is 2.53. The van der Waals surface area contributed by atoms with Crippen molar-refractivity contribution in [3.8, 4) is 0 Å². The van der Waals surface area contributed by atoms with Gasteiger partial charge in [-0.15, -0.1) is 0 Å². The highest BCUT2D eigenvalue weighted by Crippen LogP contribution is 2.27. The Hall–Kier alpha value is -0.0800. The summed E-state index contributed by atoms with van der Waals surface area (Å²) in [6.45, 7) is 0. The standard InChI is InChI=1S/C8H14NO2PS/c10-8(11-12)6-4-2-1-3-5-7(6)9-13/h6-7H,1-5,12H2/t6?,7-/m1/s1. The highest BCUT2D eigenvalue weighted by molar-refractivity contribution is 7.47. The lowest BCUT2D eigenvalue weighted by molar-refractivity contribution is -0.138. The van der Waals surface area contributed by atoms with Crippen LogP contribution in [0.5, 0.6) is 0 Å². The van der Waals surface area contributed by atoms with Crippen LogP contribution < -0.4 is 0 Å². The molecule has 0 aromatic heterocycles. The van der Waals surface area contributed by atoms with E-state index in [0.717, 1.165) is 25.7 Å². The second kappa shape index (κ2) is 5.61. The van der Waals surface area contributed by atoms with Gasteiger partial charge < -0.3 is 4.52 Å². The van der Waals surface area contributed by atoms with Gasteiger partial charge in [0.15, 0.2) is 0 Å². The summed E-state index contributed by atoms with van der Waals surface area (Å²) >= 11 is 4.69. The van der Waals surface area contributed by atoms with E-state index >= 15 is 0 Å². The van der Waals surface area contributed by atoms with Crippen LogP contribution in [0.2, 0.25) is 0 Å². The molecule has 13 heavy (non-hydrogen) atoms. The minimum absolute atomic E-state index is 0.00875. The number of hydrogen-bond donors (Lipinski definition) is 0. The predicted octanol–water partition coefficient (Wildman–Crippen LogP) is 2.00. The van der Waals surface area contributed by atoms with Crippen molar-refractivity contribution in [2.45, 2.75) is 38.1 Å². The zero-order valence-corrected chi connectivity index (χ0v) is 9.41. The van der Waals surface area contributed by atoms with Crippen LogP contribution in [0.25, 0.3) is 0 Å². The molecule has 0 aromatic rings. The topological polar surface area (TPSA) is 38.7 Å². The molecule has 0 aromatic carbocycles. The SMILES string of the molecule is O=C(OP)C1CCCCC[C@H]1N=S. The van der Waals surface area contributed by atoms with Crippen molar-refractivity contribution >= 4 is 27.9 Å². The van der Waals surface area contributed by atoms with Crippen LogP contribution in [0.15, 0.2) is 4.36 Å². The first-order chi connectivity index (χ1) is 6.29. The smallest absolute Gasteiger partial charge is 0.313 e. The summed E-state index contributed by atoms with van der Waals surface area (Å²) in [5.74, 6) is -0.303. The second-order valence-electron chi connectivity index (χ2n) is 3.35. The van der Waals surface area contributed by atoms with Crippen molar-refractivity contribution in [2.24, 2.45) is 10.3 Å². The van der Waals surface area contributed by atoms with Gasteiger partial charge in [0, 0.05) is 12.4 Å². The molecule has 1 rings (SSSR count). The monoisotopic (exact) mass is 219 g/mol. The van der Waals surface area contributed by atoms with Crippen LogP contribution >= 0.6 is 9.47 Å². The van der Waals surface area contributed by atoms with E-state index in [2.05, 4.69) is 21.3 Å². The molecule has 0 aliphatic heterocycles. The largest absolute Gasteiger partial charge is 0.451 e. The maximum absolute atomic E-state index is 11.3. The molecule has 0 saturated heterocycles. The van der Waals surface area contributed by atoms with Crippen LogP contribution in [-0.2, 0) is 21.7 Å². The van der Waals surface area contributed by atoms with Gasteiger partial charge >= 0.3 is 5.97 Å². The number of carbonyl (C=O) groups excluding carboxylic acids is 1. The van der Waals surface area contributed by atoms with E-state index in [1.54, 1.807) is 0 Å². The summed E-state index contributed by atoms with van der Waals surface area (Å²) in [6.07, 6.45) is 5.14. The average molecular weight is 219 g/mol. The fourth-order valence-electron chi connectivity index (χ4n) is 1.78. The third kappa shape index (κ3) is 2.96. The van der Waals surface area contributed by atoms with Crippen LogP contribution in [0, 0.1) is 5.92 Å². The van der Waals surface area contributed by atoms with Crippen molar-refractivity contribution in [3.05, 3.63) is 0 Å². The van der Waals surface area contributed by atoms with Crippen LogP contribution in [0.3, 0.4) is 0 Å². The highest BCUT2D eigenvalue weighted by Gasteiger charge is 2.29. The van der Waals surface area contributed by atoms with E-state index < -0.39 is 0 Å². The van der Waals surface area contributed by atoms with E-state index in [1.165, 1.54) is 6.42 Å². The Bertz CT molecular complexity index is 201. The zero-order valence-electron chi connectivity index (χ0n) is 7.44. The van der Waals surface area contributed by atoms with Crippen molar-refractivity contribution in [3.63, 3.8) is 0 Å². The normalized spacial score (nSPS) is 29.0. The summed E-state index contributed by atoms with van der Waals surface area (Å²) in [5.41, 5.74) is 0. The van der Waals surface area contributed by atoms with Gasteiger partial charge in [-0.05, 0) is 12.8 Å². The van der Waals surface area contributed by atoms with Gasteiger partial charge in [-0.1, -0.05) is 19.3 Å². The van der Waals surface area contributed by atoms with Crippen molar-refractivity contribution < 1.29 is 9.32 Å². The van der Waals surface area contributed by atoms with Crippen molar-refractivity contribution in [2.75, 3.05) is 0 Å². The van der Waals surface area contributed by atoms with Gasteiger partial charge in [-0.25, -0.2) is 4.36 Å². The quantitative estimate of drug-likeness (QED) is 0.526. The average Bonchev–Trinajstić information content (AvgIpc) is 2.41. The molecule has 0 radical (unpaired) electrons. The van der Waals surface area contributed by atoms with E-state index in [0.29, 0.717) is 0 Å². The summed E-state index contributed by atoms with van der Waals surface area (Å²) in [5, 5.41) is 0. The van der Waals surface area contributed by atoms with E-state index in [4.69, 9.17) is 0 Å². The predicted molar refractivity (Wildman–Crippen MR) is 56.0 cm³/mol. The molecular weight excluding hydrogens is 205 g/mol. The molecule has 1 aliphatic carbocycles. The maximum atomic E-state index is 11.3. The molecule has 0 amide bonds. The minimum Gasteiger partial charge on any atom is -0.451 e. The van der Waals surface area contributed by atoms with Gasteiger partial charge in [0.05, 0.1) is 21.4 Å². The molecule has 2 unspecified atom stereocenters.